The van der Waals surface area contributed by atoms with E-state index in [0.717, 1.165) is 0 Å². The van der Waals surface area contributed by atoms with Crippen molar-refractivity contribution in [3.05, 3.63) is 11.9 Å². The van der Waals surface area contributed by atoms with Gasteiger partial charge in [-0.25, -0.2) is 8.42 Å². The monoisotopic (exact) mass is 286 g/mol. The maximum absolute atomic E-state index is 12.5. The van der Waals surface area contributed by atoms with Gasteiger partial charge < -0.3 is 10.6 Å². The number of hydrogen-bond acceptors (Lipinski definition) is 5. The highest BCUT2D eigenvalue weighted by atomic mass is 32.2. The van der Waals surface area contributed by atoms with Crippen LogP contribution in [0.15, 0.2) is 6.20 Å². The molecule has 0 bridgehead atoms. The zero-order chi connectivity index (χ0) is 14.2. The Bertz CT molecular complexity index is 574. The fraction of sp³-hybridized carbons (Fsp3) is 0.636. The lowest BCUT2D eigenvalue weighted by Gasteiger charge is -2.26. The van der Waals surface area contributed by atoms with E-state index in [1.165, 1.54) is 10.9 Å². The molecule has 0 radical (unpaired) electrons. The van der Waals surface area contributed by atoms with Crippen LogP contribution >= 0.6 is 0 Å². The summed E-state index contributed by atoms with van der Waals surface area (Å²) in [6.45, 7) is 2.28. The highest BCUT2D eigenvalue weighted by molar-refractivity contribution is 7.91. The molecule has 2 heterocycles. The average molecular weight is 286 g/mol. The Hall–Kier alpha value is -1.57. The number of nitrogen functional groups attached to an aromatic ring is 1. The third kappa shape index (κ3) is 2.58. The van der Waals surface area contributed by atoms with Crippen LogP contribution in [0.2, 0.25) is 0 Å². The molecule has 1 aromatic rings. The van der Waals surface area contributed by atoms with Gasteiger partial charge in [0.1, 0.15) is 5.69 Å². The lowest BCUT2D eigenvalue weighted by atomic mass is 10.2. The van der Waals surface area contributed by atoms with Crippen molar-refractivity contribution in [3.8, 4) is 0 Å². The Morgan fingerprint density at radius 3 is 2.74 bits per heavy atom. The Labute approximate surface area is 112 Å². The molecular weight excluding hydrogens is 268 g/mol. The van der Waals surface area contributed by atoms with Crippen LogP contribution in [0.25, 0.3) is 0 Å². The van der Waals surface area contributed by atoms with Crippen molar-refractivity contribution < 1.29 is 13.2 Å². The van der Waals surface area contributed by atoms with Crippen LogP contribution in [0.1, 0.15) is 23.8 Å². The van der Waals surface area contributed by atoms with Crippen molar-refractivity contribution in [2.24, 2.45) is 7.05 Å². The van der Waals surface area contributed by atoms with Crippen molar-refractivity contribution in [2.75, 3.05) is 23.8 Å². The SMILES string of the molecule is CCN(C(=O)c1c(N)cnn1C)C1CCS(=O)(=O)C1. The fourth-order valence-corrected chi connectivity index (χ4v) is 4.17. The minimum absolute atomic E-state index is 0.0321. The number of aromatic nitrogens is 2. The molecule has 7 nitrogen and oxygen atoms in total. The zero-order valence-corrected chi connectivity index (χ0v) is 11.9. The predicted molar refractivity (Wildman–Crippen MR) is 71.4 cm³/mol. The molecule has 2 rings (SSSR count). The van der Waals surface area contributed by atoms with E-state index in [-0.39, 0.29) is 23.5 Å². The summed E-state index contributed by atoms with van der Waals surface area (Å²) >= 11 is 0. The van der Waals surface area contributed by atoms with Gasteiger partial charge in [0.15, 0.2) is 9.84 Å². The summed E-state index contributed by atoms with van der Waals surface area (Å²) in [6, 6.07) is -0.267. The van der Waals surface area contributed by atoms with E-state index in [1.54, 1.807) is 11.9 Å². The van der Waals surface area contributed by atoms with E-state index in [1.807, 2.05) is 6.92 Å². The summed E-state index contributed by atoms with van der Waals surface area (Å²) in [5.74, 6) is -0.0887. The molecule has 0 aromatic carbocycles. The second-order valence-electron chi connectivity index (χ2n) is 4.72. The molecule has 1 saturated heterocycles. The molecule has 1 unspecified atom stereocenters. The molecule has 1 aliphatic rings. The van der Waals surface area contributed by atoms with Crippen LogP contribution in [0.5, 0.6) is 0 Å². The standard InChI is InChI=1S/C11H18N4O3S/c1-3-15(8-4-5-19(17,18)7-8)11(16)10-9(12)6-13-14(10)2/h6,8H,3-5,7,12H2,1-2H3. The average Bonchev–Trinajstić information content (AvgIpc) is 2.83. The molecule has 0 spiro atoms. The number of rotatable bonds is 3. The molecule has 8 heteroatoms. The van der Waals surface area contributed by atoms with Crippen molar-refractivity contribution >= 4 is 21.4 Å². The van der Waals surface area contributed by atoms with Gasteiger partial charge in [0.2, 0.25) is 0 Å². The van der Waals surface area contributed by atoms with Gasteiger partial charge in [-0.05, 0) is 13.3 Å². The Morgan fingerprint density at radius 2 is 2.32 bits per heavy atom. The number of hydrogen-bond donors (Lipinski definition) is 1. The van der Waals surface area contributed by atoms with Gasteiger partial charge in [-0.3, -0.25) is 9.48 Å². The van der Waals surface area contributed by atoms with Crippen LogP contribution in [0, 0.1) is 0 Å². The molecular formula is C11H18N4O3S. The highest BCUT2D eigenvalue weighted by Gasteiger charge is 2.35. The lowest BCUT2D eigenvalue weighted by Crippen LogP contribution is -2.42. The summed E-state index contributed by atoms with van der Waals surface area (Å²) < 4.78 is 24.5. The minimum Gasteiger partial charge on any atom is -0.396 e. The van der Waals surface area contributed by atoms with Gasteiger partial charge in [0, 0.05) is 19.6 Å². The molecule has 1 aromatic heterocycles. The molecule has 106 valence electrons. The molecule has 0 aliphatic carbocycles. The Kier molecular flexibility index (Phi) is 3.53. The van der Waals surface area contributed by atoms with Gasteiger partial charge >= 0.3 is 0 Å². The second kappa shape index (κ2) is 4.84. The number of carbonyl (C=O) groups excluding carboxylic acids is 1. The minimum atomic E-state index is -3.02. The van der Waals surface area contributed by atoms with Gasteiger partial charge in [0.05, 0.1) is 23.4 Å². The number of amides is 1. The molecule has 1 aliphatic heterocycles. The number of carbonyl (C=O) groups is 1. The van der Waals surface area contributed by atoms with E-state index in [0.29, 0.717) is 24.3 Å². The number of nitrogens with zero attached hydrogens (tertiary/aromatic N) is 3. The first-order chi connectivity index (χ1) is 8.85. The van der Waals surface area contributed by atoms with Gasteiger partial charge in [-0.1, -0.05) is 0 Å². The van der Waals surface area contributed by atoms with Crippen LogP contribution in [-0.4, -0.2) is 53.1 Å². The van der Waals surface area contributed by atoms with E-state index in [2.05, 4.69) is 5.10 Å². The fourth-order valence-electron chi connectivity index (χ4n) is 2.44. The first kappa shape index (κ1) is 13.9. The van der Waals surface area contributed by atoms with Crippen LogP contribution < -0.4 is 5.73 Å². The molecule has 19 heavy (non-hydrogen) atoms. The Morgan fingerprint density at radius 1 is 1.63 bits per heavy atom. The van der Waals surface area contributed by atoms with Crippen LogP contribution in [0.3, 0.4) is 0 Å². The number of nitrogens with two attached hydrogens (primary N) is 1. The zero-order valence-electron chi connectivity index (χ0n) is 11.0. The number of anilines is 1. The first-order valence-electron chi connectivity index (χ1n) is 6.14. The maximum atomic E-state index is 12.5. The van der Waals surface area contributed by atoms with E-state index in [4.69, 9.17) is 5.73 Å². The third-order valence-corrected chi connectivity index (χ3v) is 5.17. The number of aryl methyl sites for hydroxylation is 1. The molecule has 1 amide bonds. The van der Waals surface area contributed by atoms with E-state index >= 15 is 0 Å². The van der Waals surface area contributed by atoms with E-state index in [9.17, 15) is 13.2 Å². The van der Waals surface area contributed by atoms with Crippen LogP contribution in [0.4, 0.5) is 5.69 Å². The van der Waals surface area contributed by atoms with E-state index < -0.39 is 9.84 Å². The van der Waals surface area contributed by atoms with Gasteiger partial charge in [0.25, 0.3) is 5.91 Å². The molecule has 1 atom stereocenters. The highest BCUT2D eigenvalue weighted by Crippen LogP contribution is 2.21. The Balaban J connectivity index is 2.26. The summed E-state index contributed by atoms with van der Waals surface area (Å²) in [5.41, 5.74) is 6.36. The summed E-state index contributed by atoms with van der Waals surface area (Å²) in [6.07, 6.45) is 1.91. The predicted octanol–water partition coefficient (Wildman–Crippen LogP) is -0.348. The molecule has 0 saturated carbocycles. The van der Waals surface area contributed by atoms with Crippen LogP contribution in [-0.2, 0) is 16.9 Å². The van der Waals surface area contributed by atoms with Crippen molar-refractivity contribution in [1.29, 1.82) is 0 Å². The summed E-state index contributed by atoms with van der Waals surface area (Å²) in [7, 11) is -1.38. The smallest absolute Gasteiger partial charge is 0.274 e. The van der Waals surface area contributed by atoms with Gasteiger partial charge in [-0.15, -0.1) is 0 Å². The topological polar surface area (TPSA) is 98.3 Å². The van der Waals surface area contributed by atoms with Crippen molar-refractivity contribution in [1.82, 2.24) is 14.7 Å². The third-order valence-electron chi connectivity index (χ3n) is 3.42. The second-order valence-corrected chi connectivity index (χ2v) is 6.95. The molecule has 1 fully saturated rings. The van der Waals surface area contributed by atoms with Crippen molar-refractivity contribution in [3.63, 3.8) is 0 Å². The maximum Gasteiger partial charge on any atom is 0.274 e. The first-order valence-corrected chi connectivity index (χ1v) is 7.96. The molecule has 2 N–H and O–H groups in total. The largest absolute Gasteiger partial charge is 0.396 e. The van der Waals surface area contributed by atoms with Crippen molar-refractivity contribution in [2.45, 2.75) is 19.4 Å². The summed E-state index contributed by atoms with van der Waals surface area (Å²) in [4.78, 5) is 14.0. The summed E-state index contributed by atoms with van der Waals surface area (Å²) in [5, 5.41) is 3.94. The lowest BCUT2D eigenvalue weighted by molar-refractivity contribution is 0.0698. The quantitative estimate of drug-likeness (QED) is 0.819. The number of sulfone groups is 1. The normalized spacial score (nSPS) is 21.5. The van der Waals surface area contributed by atoms with Gasteiger partial charge in [-0.2, -0.15) is 5.10 Å².